The Morgan fingerprint density at radius 2 is 1.83 bits per heavy atom. The van der Waals surface area contributed by atoms with Crippen LogP contribution in [0.3, 0.4) is 0 Å². The molecular formula is C21H25N3O6. The summed E-state index contributed by atoms with van der Waals surface area (Å²) in [6.07, 6.45) is 3.49. The van der Waals surface area contributed by atoms with Gasteiger partial charge in [-0.1, -0.05) is 0 Å². The molecule has 2 aromatic rings. The van der Waals surface area contributed by atoms with Gasteiger partial charge in [0, 0.05) is 19.0 Å². The Bertz CT molecular complexity index is 846. The number of furan rings is 1. The highest BCUT2D eigenvalue weighted by atomic mass is 16.5. The fourth-order valence-electron chi connectivity index (χ4n) is 2.24. The maximum atomic E-state index is 12.0. The van der Waals surface area contributed by atoms with Crippen LogP contribution < -0.4 is 25.6 Å². The first kappa shape index (κ1) is 22.5. The highest BCUT2D eigenvalue weighted by Crippen LogP contribution is 2.18. The van der Waals surface area contributed by atoms with Gasteiger partial charge in [-0.05, 0) is 56.3 Å². The Morgan fingerprint density at radius 1 is 1.10 bits per heavy atom. The van der Waals surface area contributed by atoms with Gasteiger partial charge in [0.05, 0.1) is 12.9 Å². The monoisotopic (exact) mass is 415 g/mol. The Balaban J connectivity index is 1.63. The minimum atomic E-state index is -0.824. The summed E-state index contributed by atoms with van der Waals surface area (Å²) in [5, 5.41) is 2.56. The number of hydrogen-bond donors (Lipinski definition) is 3. The molecule has 2 rings (SSSR count). The van der Waals surface area contributed by atoms with E-state index in [1.165, 1.54) is 18.4 Å². The fraction of sp³-hybridized carbons (Fsp3) is 0.286. The van der Waals surface area contributed by atoms with Crippen molar-refractivity contribution in [2.45, 2.75) is 26.4 Å². The Kier molecular flexibility index (Phi) is 8.98. The molecule has 160 valence electrons. The Labute approximate surface area is 174 Å². The predicted molar refractivity (Wildman–Crippen MR) is 109 cm³/mol. The molecule has 1 aromatic heterocycles. The summed E-state index contributed by atoms with van der Waals surface area (Å²) >= 11 is 0. The van der Waals surface area contributed by atoms with Crippen molar-refractivity contribution >= 4 is 23.8 Å². The lowest BCUT2D eigenvalue weighted by Gasteiger charge is -2.15. The number of carbonyl (C=O) groups excluding carboxylic acids is 3. The lowest BCUT2D eigenvalue weighted by atomic mass is 10.3. The third-order valence-electron chi connectivity index (χ3n) is 3.74. The molecule has 0 aliphatic carbocycles. The number of hydrogen-bond acceptors (Lipinski definition) is 6. The molecule has 0 saturated heterocycles. The molecule has 0 spiro atoms. The molecule has 0 saturated carbocycles. The van der Waals surface area contributed by atoms with Crippen molar-refractivity contribution < 1.29 is 28.3 Å². The number of hydrazine groups is 1. The standard InChI is InChI=1S/C21H25N3O6/c1-3-28-17-6-8-18(9-7-17)30-15(2)21(27)24-23-20(26)12-13-22-19(25)11-10-16-5-4-14-29-16/h4-11,14-15H,3,12-13H2,1-2H3,(H,22,25)(H,23,26)(H,24,27)/b11-10+. The summed E-state index contributed by atoms with van der Waals surface area (Å²) in [6.45, 7) is 4.12. The van der Waals surface area contributed by atoms with Gasteiger partial charge in [-0.3, -0.25) is 25.2 Å². The molecule has 30 heavy (non-hydrogen) atoms. The molecule has 3 amide bonds. The van der Waals surface area contributed by atoms with Crippen LogP contribution in [0, 0.1) is 0 Å². The van der Waals surface area contributed by atoms with Crippen LogP contribution in [-0.4, -0.2) is 37.0 Å². The van der Waals surface area contributed by atoms with Gasteiger partial charge >= 0.3 is 0 Å². The third kappa shape index (κ3) is 8.09. The largest absolute Gasteiger partial charge is 0.494 e. The number of nitrogens with one attached hydrogen (secondary N) is 3. The van der Waals surface area contributed by atoms with Crippen molar-refractivity contribution in [2.24, 2.45) is 0 Å². The zero-order chi connectivity index (χ0) is 21.8. The van der Waals surface area contributed by atoms with Crippen LogP contribution in [-0.2, 0) is 14.4 Å². The maximum Gasteiger partial charge on any atom is 0.279 e. The normalized spacial score (nSPS) is 11.5. The molecule has 3 N–H and O–H groups in total. The van der Waals surface area contributed by atoms with E-state index in [4.69, 9.17) is 13.9 Å². The SMILES string of the molecule is CCOc1ccc(OC(C)C(=O)NNC(=O)CCNC(=O)/C=C/c2ccco2)cc1. The number of rotatable bonds is 10. The third-order valence-corrected chi connectivity index (χ3v) is 3.74. The van der Waals surface area contributed by atoms with E-state index in [-0.39, 0.29) is 18.9 Å². The summed E-state index contributed by atoms with van der Waals surface area (Å²) in [5.74, 6) is 0.429. The molecule has 9 nitrogen and oxygen atoms in total. The van der Waals surface area contributed by atoms with E-state index < -0.39 is 17.9 Å². The molecule has 1 aromatic carbocycles. The zero-order valence-electron chi connectivity index (χ0n) is 16.8. The molecular weight excluding hydrogens is 390 g/mol. The van der Waals surface area contributed by atoms with Crippen LogP contribution in [0.25, 0.3) is 6.08 Å². The van der Waals surface area contributed by atoms with Crippen molar-refractivity contribution in [3.05, 3.63) is 54.5 Å². The van der Waals surface area contributed by atoms with E-state index in [1.54, 1.807) is 43.3 Å². The lowest BCUT2D eigenvalue weighted by Crippen LogP contribution is -2.47. The maximum absolute atomic E-state index is 12.0. The molecule has 1 unspecified atom stereocenters. The first-order chi connectivity index (χ1) is 14.5. The number of ether oxygens (including phenoxy) is 2. The minimum Gasteiger partial charge on any atom is -0.494 e. The second kappa shape index (κ2) is 11.9. The first-order valence-corrected chi connectivity index (χ1v) is 9.45. The number of benzene rings is 1. The quantitative estimate of drug-likeness (QED) is 0.402. The van der Waals surface area contributed by atoms with Crippen molar-refractivity contribution in [1.29, 1.82) is 0 Å². The van der Waals surface area contributed by atoms with Crippen LogP contribution in [0.1, 0.15) is 26.0 Å². The van der Waals surface area contributed by atoms with Gasteiger partial charge in [-0.15, -0.1) is 0 Å². The van der Waals surface area contributed by atoms with E-state index in [1.807, 2.05) is 6.92 Å². The average Bonchev–Trinajstić information content (AvgIpc) is 3.26. The molecule has 1 atom stereocenters. The Morgan fingerprint density at radius 3 is 2.50 bits per heavy atom. The van der Waals surface area contributed by atoms with Crippen molar-refractivity contribution in [1.82, 2.24) is 16.2 Å². The van der Waals surface area contributed by atoms with Crippen molar-refractivity contribution in [2.75, 3.05) is 13.2 Å². The van der Waals surface area contributed by atoms with Crippen LogP contribution in [0.2, 0.25) is 0 Å². The molecule has 0 bridgehead atoms. The second-order valence-corrected chi connectivity index (χ2v) is 6.09. The van der Waals surface area contributed by atoms with Crippen LogP contribution in [0.5, 0.6) is 11.5 Å². The summed E-state index contributed by atoms with van der Waals surface area (Å²) < 4.78 is 15.9. The molecule has 0 aliphatic rings. The van der Waals surface area contributed by atoms with Gasteiger partial charge in [0.2, 0.25) is 11.8 Å². The molecule has 0 aliphatic heterocycles. The minimum absolute atomic E-state index is 0.00522. The highest BCUT2D eigenvalue weighted by Gasteiger charge is 2.15. The fourth-order valence-corrected chi connectivity index (χ4v) is 2.24. The van der Waals surface area contributed by atoms with Gasteiger partial charge in [0.1, 0.15) is 17.3 Å². The highest BCUT2D eigenvalue weighted by molar-refractivity contribution is 5.91. The van der Waals surface area contributed by atoms with Gasteiger partial charge in [0.15, 0.2) is 6.10 Å². The van der Waals surface area contributed by atoms with Gasteiger partial charge < -0.3 is 19.2 Å². The molecule has 9 heteroatoms. The molecule has 1 heterocycles. The summed E-state index contributed by atoms with van der Waals surface area (Å²) in [4.78, 5) is 35.5. The number of amides is 3. The van der Waals surface area contributed by atoms with E-state index >= 15 is 0 Å². The van der Waals surface area contributed by atoms with Gasteiger partial charge in [-0.2, -0.15) is 0 Å². The predicted octanol–water partition coefficient (Wildman–Crippen LogP) is 1.81. The first-order valence-electron chi connectivity index (χ1n) is 9.45. The van der Waals surface area contributed by atoms with Crippen molar-refractivity contribution in [3.63, 3.8) is 0 Å². The van der Waals surface area contributed by atoms with Crippen molar-refractivity contribution in [3.8, 4) is 11.5 Å². The molecule has 0 radical (unpaired) electrons. The smallest absolute Gasteiger partial charge is 0.279 e. The summed E-state index contributed by atoms with van der Waals surface area (Å²) in [5.41, 5.74) is 4.57. The van der Waals surface area contributed by atoms with Gasteiger partial charge in [0.25, 0.3) is 5.91 Å². The van der Waals surface area contributed by atoms with Crippen LogP contribution >= 0.6 is 0 Å². The summed E-state index contributed by atoms with van der Waals surface area (Å²) in [6, 6.07) is 10.3. The van der Waals surface area contributed by atoms with E-state index in [0.29, 0.717) is 23.9 Å². The van der Waals surface area contributed by atoms with E-state index in [0.717, 1.165) is 0 Å². The van der Waals surface area contributed by atoms with Crippen LogP contribution in [0.15, 0.2) is 53.2 Å². The topological polar surface area (TPSA) is 119 Å². The van der Waals surface area contributed by atoms with E-state index in [2.05, 4.69) is 16.2 Å². The van der Waals surface area contributed by atoms with Crippen LogP contribution in [0.4, 0.5) is 0 Å². The Hall–Kier alpha value is -3.75. The second-order valence-electron chi connectivity index (χ2n) is 6.09. The molecule has 0 fully saturated rings. The lowest BCUT2D eigenvalue weighted by molar-refractivity contribution is -0.132. The number of carbonyl (C=O) groups is 3. The average molecular weight is 415 g/mol. The van der Waals surface area contributed by atoms with Gasteiger partial charge in [-0.25, -0.2) is 0 Å². The van der Waals surface area contributed by atoms with E-state index in [9.17, 15) is 14.4 Å². The zero-order valence-corrected chi connectivity index (χ0v) is 16.8. The summed E-state index contributed by atoms with van der Waals surface area (Å²) in [7, 11) is 0.